The highest BCUT2D eigenvalue weighted by Gasteiger charge is 2.24. The summed E-state index contributed by atoms with van der Waals surface area (Å²) in [6.07, 6.45) is 5.87. The molecule has 3 nitrogen and oxygen atoms in total. The average molecular weight is 332 g/mol. The first-order chi connectivity index (χ1) is 9.81. The molecule has 0 spiro atoms. The van der Waals surface area contributed by atoms with E-state index in [9.17, 15) is 0 Å². The summed E-state index contributed by atoms with van der Waals surface area (Å²) in [5, 5.41) is 3.53. The van der Waals surface area contributed by atoms with Crippen LogP contribution in [0, 0.1) is 0 Å². The van der Waals surface area contributed by atoms with E-state index in [-0.39, 0.29) is 0 Å². The van der Waals surface area contributed by atoms with Crippen LogP contribution in [0.3, 0.4) is 0 Å². The van der Waals surface area contributed by atoms with Gasteiger partial charge < -0.3 is 10.3 Å². The lowest BCUT2D eigenvalue weighted by molar-refractivity contribution is 0.610. The number of imidazole rings is 1. The van der Waals surface area contributed by atoms with Gasteiger partial charge in [0.05, 0.1) is 11.7 Å². The summed E-state index contributed by atoms with van der Waals surface area (Å²) in [5.41, 5.74) is 5.21. The second kappa shape index (κ2) is 5.01. The van der Waals surface area contributed by atoms with Gasteiger partial charge in [0, 0.05) is 15.7 Å². The number of H-pyrrole nitrogens is 1. The minimum atomic E-state index is 0.417. The van der Waals surface area contributed by atoms with E-state index in [1.54, 1.807) is 0 Å². The molecule has 1 aliphatic carbocycles. The molecule has 1 fully saturated rings. The van der Waals surface area contributed by atoms with E-state index in [2.05, 4.69) is 44.4 Å². The molecular formula is C16H18BrN3. The second-order valence-electron chi connectivity index (χ2n) is 5.75. The number of nitrogens with zero attached hydrogens (tertiary/aromatic N) is 1. The van der Waals surface area contributed by atoms with Crippen molar-refractivity contribution in [3.05, 3.63) is 39.8 Å². The molecule has 1 aromatic carbocycles. The molecule has 1 atom stereocenters. The van der Waals surface area contributed by atoms with Gasteiger partial charge in [0.15, 0.2) is 0 Å². The Balaban J connectivity index is 1.80. The highest BCUT2D eigenvalue weighted by Crippen LogP contribution is 2.34. The fraction of sp³-hybridized carbons (Fsp3) is 0.438. The number of fused-ring (bicyclic) bond motifs is 3. The first kappa shape index (κ1) is 12.6. The Hall–Kier alpha value is -1.13. The molecule has 4 rings (SSSR count). The molecule has 1 saturated heterocycles. The third kappa shape index (κ3) is 2.11. The Bertz CT molecular complexity index is 641. The molecule has 20 heavy (non-hydrogen) atoms. The zero-order valence-corrected chi connectivity index (χ0v) is 13.0. The minimum Gasteiger partial charge on any atom is -0.344 e. The second-order valence-corrected chi connectivity index (χ2v) is 6.67. The largest absolute Gasteiger partial charge is 0.344 e. The topological polar surface area (TPSA) is 40.7 Å². The normalized spacial score (nSPS) is 21.4. The Kier molecular flexibility index (Phi) is 3.15. The third-order valence-electron chi connectivity index (χ3n) is 4.38. The predicted molar refractivity (Wildman–Crippen MR) is 83.7 cm³/mol. The monoisotopic (exact) mass is 331 g/mol. The molecule has 0 radical (unpaired) electrons. The van der Waals surface area contributed by atoms with E-state index in [0.717, 1.165) is 29.7 Å². The molecule has 2 aromatic rings. The van der Waals surface area contributed by atoms with Crippen LogP contribution in [0.4, 0.5) is 0 Å². The van der Waals surface area contributed by atoms with Crippen molar-refractivity contribution in [3.63, 3.8) is 0 Å². The molecule has 1 aromatic heterocycles. The highest BCUT2D eigenvalue weighted by molar-refractivity contribution is 9.10. The van der Waals surface area contributed by atoms with Gasteiger partial charge in [-0.3, -0.25) is 0 Å². The van der Waals surface area contributed by atoms with Crippen molar-refractivity contribution in [2.24, 2.45) is 0 Å². The molecule has 1 unspecified atom stereocenters. The maximum Gasteiger partial charge on any atom is 0.124 e. The summed E-state index contributed by atoms with van der Waals surface area (Å²) in [6, 6.07) is 6.99. The molecule has 0 bridgehead atoms. The summed E-state index contributed by atoms with van der Waals surface area (Å²) < 4.78 is 1.16. The lowest BCUT2D eigenvalue weighted by atomic mass is 10.0. The Morgan fingerprint density at radius 1 is 1.20 bits per heavy atom. The van der Waals surface area contributed by atoms with Crippen LogP contribution in [0.25, 0.3) is 11.3 Å². The molecule has 1 aliphatic heterocycles. The van der Waals surface area contributed by atoms with E-state index in [4.69, 9.17) is 4.98 Å². The standard InChI is InChI=1S/C16H18BrN3/c17-11-6-7-12-10(9-11)3-1-4-13-15(12)20-16(19-13)14-5-2-8-18-14/h6-7,9,14,18H,1-5,8H2,(H,19,20). The molecule has 0 amide bonds. The van der Waals surface area contributed by atoms with Crippen molar-refractivity contribution < 1.29 is 0 Å². The van der Waals surface area contributed by atoms with Crippen molar-refractivity contribution in [2.75, 3.05) is 6.54 Å². The number of hydrogen-bond acceptors (Lipinski definition) is 2. The van der Waals surface area contributed by atoms with Crippen LogP contribution in [0.15, 0.2) is 22.7 Å². The Morgan fingerprint density at radius 2 is 2.15 bits per heavy atom. The molecule has 2 aliphatic rings. The summed E-state index contributed by atoms with van der Waals surface area (Å²) in [6.45, 7) is 1.11. The minimum absolute atomic E-state index is 0.417. The summed E-state index contributed by atoms with van der Waals surface area (Å²) >= 11 is 3.58. The van der Waals surface area contributed by atoms with Gasteiger partial charge >= 0.3 is 0 Å². The fourth-order valence-electron chi connectivity index (χ4n) is 3.37. The van der Waals surface area contributed by atoms with E-state index < -0.39 is 0 Å². The van der Waals surface area contributed by atoms with Crippen molar-refractivity contribution in [1.82, 2.24) is 15.3 Å². The van der Waals surface area contributed by atoms with Gasteiger partial charge in [-0.1, -0.05) is 22.0 Å². The van der Waals surface area contributed by atoms with Crippen molar-refractivity contribution in [1.29, 1.82) is 0 Å². The van der Waals surface area contributed by atoms with Crippen molar-refractivity contribution >= 4 is 15.9 Å². The maximum absolute atomic E-state index is 4.93. The number of nitrogens with one attached hydrogen (secondary N) is 2. The summed E-state index contributed by atoms with van der Waals surface area (Å²) in [4.78, 5) is 8.52. The van der Waals surface area contributed by atoms with Crippen LogP contribution in [-0.2, 0) is 12.8 Å². The molecule has 2 heterocycles. The highest BCUT2D eigenvalue weighted by atomic mass is 79.9. The first-order valence-electron chi connectivity index (χ1n) is 7.42. The van der Waals surface area contributed by atoms with Gasteiger partial charge in [-0.25, -0.2) is 4.98 Å². The maximum atomic E-state index is 4.93. The Labute approximate surface area is 127 Å². The summed E-state index contributed by atoms with van der Waals surface area (Å²) in [5.74, 6) is 1.13. The van der Waals surface area contributed by atoms with E-state index in [0.29, 0.717) is 6.04 Å². The number of aryl methyl sites for hydroxylation is 2. The van der Waals surface area contributed by atoms with Crippen LogP contribution in [-0.4, -0.2) is 16.5 Å². The fourth-order valence-corrected chi connectivity index (χ4v) is 3.78. The SMILES string of the molecule is Brc1ccc2c(c1)CCCc1[nH]c(C3CCCN3)nc1-2. The molecule has 4 heteroatoms. The third-order valence-corrected chi connectivity index (χ3v) is 4.88. The van der Waals surface area contributed by atoms with Crippen LogP contribution in [0.2, 0.25) is 0 Å². The molecule has 104 valence electrons. The summed E-state index contributed by atoms with van der Waals surface area (Å²) in [7, 11) is 0. The van der Waals surface area contributed by atoms with Crippen LogP contribution >= 0.6 is 15.9 Å². The number of halogens is 1. The van der Waals surface area contributed by atoms with Gasteiger partial charge in [0.1, 0.15) is 5.82 Å². The van der Waals surface area contributed by atoms with Gasteiger partial charge in [-0.05, 0) is 56.3 Å². The van der Waals surface area contributed by atoms with E-state index in [1.807, 2.05) is 0 Å². The molecular weight excluding hydrogens is 314 g/mol. The zero-order valence-electron chi connectivity index (χ0n) is 11.4. The molecule has 2 N–H and O–H groups in total. The quantitative estimate of drug-likeness (QED) is 0.835. The zero-order chi connectivity index (χ0) is 13.5. The smallest absolute Gasteiger partial charge is 0.124 e. The number of benzene rings is 1. The lowest BCUT2D eigenvalue weighted by Crippen LogP contribution is -2.14. The van der Waals surface area contributed by atoms with Gasteiger partial charge in [-0.15, -0.1) is 0 Å². The van der Waals surface area contributed by atoms with Crippen molar-refractivity contribution in [3.8, 4) is 11.3 Å². The number of aromatic nitrogens is 2. The van der Waals surface area contributed by atoms with Crippen molar-refractivity contribution in [2.45, 2.75) is 38.1 Å². The Morgan fingerprint density at radius 3 is 3.00 bits per heavy atom. The van der Waals surface area contributed by atoms with E-state index >= 15 is 0 Å². The van der Waals surface area contributed by atoms with Gasteiger partial charge in [0.2, 0.25) is 0 Å². The number of aromatic amines is 1. The predicted octanol–water partition coefficient (Wildman–Crippen LogP) is 3.75. The number of rotatable bonds is 1. The molecule has 0 saturated carbocycles. The average Bonchev–Trinajstić information content (AvgIpc) is 3.06. The van der Waals surface area contributed by atoms with Gasteiger partial charge in [-0.2, -0.15) is 0 Å². The van der Waals surface area contributed by atoms with E-state index in [1.165, 1.54) is 41.8 Å². The lowest BCUT2D eigenvalue weighted by Gasteiger charge is -2.07. The van der Waals surface area contributed by atoms with Crippen LogP contribution < -0.4 is 5.32 Å². The number of hydrogen-bond donors (Lipinski definition) is 2. The van der Waals surface area contributed by atoms with Gasteiger partial charge in [0.25, 0.3) is 0 Å². The first-order valence-corrected chi connectivity index (χ1v) is 8.21. The van der Waals surface area contributed by atoms with Crippen LogP contribution in [0.1, 0.15) is 42.4 Å². The van der Waals surface area contributed by atoms with Crippen LogP contribution in [0.5, 0.6) is 0 Å².